The Labute approximate surface area is 169 Å². The van der Waals surface area contributed by atoms with Crippen molar-refractivity contribution in [1.29, 1.82) is 0 Å². The average molecular weight is 440 g/mol. The molecule has 0 saturated carbocycles. The molecule has 0 bridgehead atoms. The van der Waals surface area contributed by atoms with Gasteiger partial charge in [0.1, 0.15) is 12.6 Å². The number of fused-ring (bicyclic) bond motifs is 1. The van der Waals surface area contributed by atoms with Crippen LogP contribution >= 0.6 is 11.8 Å². The number of hydrogen-bond donors (Lipinski definition) is 1. The third kappa shape index (κ3) is 3.54. The van der Waals surface area contributed by atoms with Crippen LogP contribution in [0.4, 0.5) is 4.79 Å². The van der Waals surface area contributed by atoms with Gasteiger partial charge < -0.3 is 4.74 Å². The zero-order chi connectivity index (χ0) is 20.8. The number of aryl methyl sites for hydroxylation is 1. The first-order valence-electron chi connectivity index (χ1n) is 8.44. The zero-order valence-corrected chi connectivity index (χ0v) is 16.7. The molecular weight excluding hydrogens is 424 g/mol. The number of nitrogens with zero attached hydrogens (tertiary/aromatic N) is 6. The highest BCUT2D eigenvalue weighted by Gasteiger charge is 2.65. The Bertz CT molecular complexity index is 1040. The van der Waals surface area contributed by atoms with Crippen molar-refractivity contribution < 1.29 is 27.3 Å². The van der Waals surface area contributed by atoms with Crippen LogP contribution in [0.2, 0.25) is 0 Å². The summed E-state index contributed by atoms with van der Waals surface area (Å²) >= 11 is 1.11. The number of ether oxygens (including phenoxy) is 1. The van der Waals surface area contributed by atoms with Crippen LogP contribution in [0.5, 0.6) is 0 Å². The molecule has 12 nitrogen and oxygen atoms in total. The predicted octanol–water partition coefficient (Wildman–Crippen LogP) is -0.295. The summed E-state index contributed by atoms with van der Waals surface area (Å²) in [6.45, 7) is 0.0347. The van der Waals surface area contributed by atoms with E-state index >= 15 is 0 Å². The van der Waals surface area contributed by atoms with Gasteiger partial charge in [0.05, 0.1) is 11.3 Å². The molecule has 2 aliphatic heterocycles. The van der Waals surface area contributed by atoms with E-state index < -0.39 is 39.6 Å². The number of rotatable bonds is 5. The lowest BCUT2D eigenvalue weighted by Crippen LogP contribution is -2.70. The smallest absolute Gasteiger partial charge is 0.410 e. The summed E-state index contributed by atoms with van der Waals surface area (Å²) in [5.74, 6) is -0.881. The lowest BCUT2D eigenvalue weighted by molar-refractivity contribution is -0.144. The Morgan fingerprint density at radius 3 is 2.69 bits per heavy atom. The Hall–Kier alpha value is -2.71. The number of hydrogen-bond acceptors (Lipinski definition) is 9. The molecule has 2 aliphatic rings. The first kappa shape index (κ1) is 19.6. The van der Waals surface area contributed by atoms with Gasteiger partial charge in [0.15, 0.2) is 0 Å². The molecule has 1 N–H and O–H groups in total. The molecule has 1 aromatic heterocycles. The van der Waals surface area contributed by atoms with Crippen LogP contribution in [0.25, 0.3) is 0 Å². The lowest BCUT2D eigenvalue weighted by Gasteiger charge is -2.43. The van der Waals surface area contributed by atoms with Crippen molar-refractivity contribution >= 4 is 34.1 Å². The second-order valence-electron chi connectivity index (χ2n) is 6.48. The van der Waals surface area contributed by atoms with Crippen molar-refractivity contribution in [2.45, 2.75) is 29.1 Å². The highest BCUT2D eigenvalue weighted by Crippen LogP contribution is 2.42. The Kier molecular flexibility index (Phi) is 4.92. The number of tetrazole rings is 1. The van der Waals surface area contributed by atoms with E-state index in [0.717, 1.165) is 17.3 Å². The van der Waals surface area contributed by atoms with Gasteiger partial charge in [-0.05, 0) is 16.0 Å². The van der Waals surface area contributed by atoms with Crippen LogP contribution in [0.15, 0.2) is 35.5 Å². The molecule has 0 unspecified atom stereocenters. The summed E-state index contributed by atoms with van der Waals surface area (Å²) < 4.78 is 39.8. The number of benzene rings is 1. The van der Waals surface area contributed by atoms with Crippen molar-refractivity contribution in [3.05, 3.63) is 35.9 Å². The number of amides is 2. The van der Waals surface area contributed by atoms with Gasteiger partial charge >= 0.3 is 16.4 Å². The van der Waals surface area contributed by atoms with E-state index in [1.54, 1.807) is 31.3 Å². The van der Waals surface area contributed by atoms with Crippen molar-refractivity contribution in [3.8, 4) is 0 Å². The summed E-state index contributed by atoms with van der Waals surface area (Å²) in [5.41, 5.74) is 0.771. The summed E-state index contributed by atoms with van der Waals surface area (Å²) in [5, 5.41) is 10.8. The second kappa shape index (κ2) is 7.27. The highest BCUT2D eigenvalue weighted by atomic mass is 32.2. The first-order chi connectivity index (χ1) is 13.8. The molecule has 0 spiro atoms. The topological polar surface area (TPSA) is 148 Å². The van der Waals surface area contributed by atoms with Crippen LogP contribution in [-0.2, 0) is 33.5 Å². The highest BCUT2D eigenvalue weighted by molar-refractivity contribution is 7.99. The fourth-order valence-corrected chi connectivity index (χ4v) is 5.55. The number of β-lactam (4-membered cyclic amide) rings is 1. The summed E-state index contributed by atoms with van der Waals surface area (Å²) in [7, 11) is -3.16. The van der Waals surface area contributed by atoms with Gasteiger partial charge in [0, 0.05) is 13.6 Å². The van der Waals surface area contributed by atoms with E-state index in [1.807, 2.05) is 6.07 Å². The minimum Gasteiger partial charge on any atom is -0.445 e. The van der Waals surface area contributed by atoms with Crippen LogP contribution in [0, 0.1) is 0 Å². The van der Waals surface area contributed by atoms with E-state index in [-0.39, 0.29) is 13.2 Å². The van der Waals surface area contributed by atoms with Crippen molar-refractivity contribution in [2.24, 2.45) is 7.05 Å². The third-order valence-corrected chi connectivity index (χ3v) is 6.89. The SMILES string of the molecule is Cn1nnnc1S[C@@H]1CN(C(=O)OCc2ccccc2)[C@@H]2C(=O)N(S(=O)(=O)O)[C@@H]21. The van der Waals surface area contributed by atoms with E-state index in [9.17, 15) is 22.6 Å². The molecule has 2 saturated heterocycles. The number of likely N-dealkylation sites (tertiary alicyclic amines) is 1. The van der Waals surface area contributed by atoms with Gasteiger partial charge in [0.25, 0.3) is 5.91 Å². The maximum absolute atomic E-state index is 12.6. The number of aromatic nitrogens is 4. The van der Waals surface area contributed by atoms with Gasteiger partial charge in [-0.25, -0.2) is 13.8 Å². The summed E-state index contributed by atoms with van der Waals surface area (Å²) in [6.07, 6.45) is -0.744. The van der Waals surface area contributed by atoms with Crippen LogP contribution in [-0.4, -0.2) is 78.3 Å². The van der Waals surface area contributed by atoms with Crippen LogP contribution in [0.1, 0.15) is 5.56 Å². The molecule has 2 amide bonds. The predicted molar refractivity (Wildman–Crippen MR) is 97.7 cm³/mol. The van der Waals surface area contributed by atoms with Crippen molar-refractivity contribution in [2.75, 3.05) is 6.54 Å². The number of carbonyl (C=O) groups is 2. The van der Waals surface area contributed by atoms with E-state index in [2.05, 4.69) is 15.5 Å². The molecule has 2 fully saturated rings. The Morgan fingerprint density at radius 2 is 2.07 bits per heavy atom. The molecule has 2 aromatic rings. The Balaban J connectivity index is 1.53. The molecule has 14 heteroatoms. The zero-order valence-electron chi connectivity index (χ0n) is 15.0. The molecule has 0 radical (unpaired) electrons. The van der Waals surface area contributed by atoms with Crippen molar-refractivity contribution in [3.63, 3.8) is 0 Å². The van der Waals surface area contributed by atoms with Gasteiger partial charge in [-0.3, -0.25) is 14.2 Å². The van der Waals surface area contributed by atoms with Crippen LogP contribution in [0.3, 0.4) is 0 Å². The monoisotopic (exact) mass is 440 g/mol. The Morgan fingerprint density at radius 1 is 1.34 bits per heavy atom. The maximum atomic E-state index is 12.6. The lowest BCUT2D eigenvalue weighted by atomic mass is 10.00. The summed E-state index contributed by atoms with van der Waals surface area (Å²) in [6, 6.07) is 7.02. The molecule has 3 atom stereocenters. The quantitative estimate of drug-likeness (QED) is 0.485. The molecule has 29 heavy (non-hydrogen) atoms. The normalized spacial score (nSPS) is 23.7. The largest absolute Gasteiger partial charge is 0.445 e. The maximum Gasteiger partial charge on any atom is 0.410 e. The fourth-order valence-electron chi connectivity index (χ4n) is 3.38. The molecule has 3 heterocycles. The molecule has 154 valence electrons. The molecular formula is C15H16N6O6S2. The number of carbonyl (C=O) groups excluding carboxylic acids is 2. The molecule has 4 rings (SSSR count). The van der Waals surface area contributed by atoms with E-state index in [0.29, 0.717) is 9.46 Å². The standard InChI is InChI=1S/C15H16N6O6S2/c1-19-14(16-17-18-19)28-10-7-20(12-11(10)21(13(12)22)29(24,25)26)15(23)27-8-9-5-3-2-4-6-9/h2-6,10-12H,7-8H2,1H3,(H,24,25,26)/t10-,11-,12+/m1/s1. The average Bonchev–Trinajstić information content (AvgIpc) is 3.21. The van der Waals surface area contributed by atoms with Crippen LogP contribution < -0.4 is 0 Å². The fraction of sp³-hybridized carbons (Fsp3) is 0.400. The van der Waals surface area contributed by atoms with Gasteiger partial charge in [-0.15, -0.1) is 5.10 Å². The first-order valence-corrected chi connectivity index (χ1v) is 10.7. The molecule has 1 aromatic carbocycles. The van der Waals surface area contributed by atoms with Gasteiger partial charge in [-0.1, -0.05) is 42.1 Å². The van der Waals surface area contributed by atoms with Crippen molar-refractivity contribution in [1.82, 2.24) is 29.4 Å². The van der Waals surface area contributed by atoms with Gasteiger partial charge in [0.2, 0.25) is 5.16 Å². The minimum atomic E-state index is -4.76. The van der Waals surface area contributed by atoms with E-state index in [1.165, 1.54) is 9.58 Å². The second-order valence-corrected chi connectivity index (χ2v) is 8.98. The third-order valence-electron chi connectivity index (χ3n) is 4.68. The van der Waals surface area contributed by atoms with E-state index in [4.69, 9.17) is 4.74 Å². The summed E-state index contributed by atoms with van der Waals surface area (Å²) in [4.78, 5) is 26.1. The molecule has 0 aliphatic carbocycles. The number of thioether (sulfide) groups is 1. The minimum absolute atomic E-state index is 0.00871. The van der Waals surface area contributed by atoms with Gasteiger partial charge in [-0.2, -0.15) is 8.42 Å².